The van der Waals surface area contributed by atoms with Crippen molar-refractivity contribution in [2.45, 2.75) is 11.1 Å². The SMILES string of the molecule is COc1cccc(OC)c1C(=O)[AsH]C(Cc1ccc2nc(-c3c(Cl)cccc3Cl)ccc2c1)C(=O)O. The Morgan fingerprint density at radius 3 is 2.19 bits per heavy atom. The van der Waals surface area contributed by atoms with E-state index >= 15 is 0 Å². The molecule has 6 nitrogen and oxygen atoms in total. The molecule has 2 atom stereocenters. The molecule has 0 bridgehead atoms. The van der Waals surface area contributed by atoms with Gasteiger partial charge < -0.3 is 0 Å². The van der Waals surface area contributed by atoms with Gasteiger partial charge in [-0.1, -0.05) is 0 Å². The quantitative estimate of drug-likeness (QED) is 0.245. The Balaban J connectivity index is 1.59. The summed E-state index contributed by atoms with van der Waals surface area (Å²) in [7, 11) is 2.93. The number of carboxylic acid groups (broad SMARTS) is 1. The number of fused-ring (bicyclic) bond motifs is 1. The van der Waals surface area contributed by atoms with Crippen LogP contribution in [0.4, 0.5) is 0 Å². The fourth-order valence-corrected chi connectivity index (χ4v) is 6.97. The van der Waals surface area contributed by atoms with Crippen LogP contribution in [0.5, 0.6) is 11.5 Å². The Hall–Kier alpha value is -3.05. The fourth-order valence-electron chi connectivity index (χ4n) is 3.92. The number of rotatable bonds is 9. The molecule has 0 saturated heterocycles. The van der Waals surface area contributed by atoms with E-state index in [1.165, 1.54) is 14.2 Å². The summed E-state index contributed by atoms with van der Waals surface area (Å²) < 4.78 is 9.60. The molecule has 4 aromatic rings. The van der Waals surface area contributed by atoms with E-state index in [1.54, 1.807) is 36.4 Å². The Morgan fingerprint density at radius 1 is 0.944 bits per heavy atom. The van der Waals surface area contributed by atoms with Crippen molar-refractivity contribution in [1.29, 1.82) is 0 Å². The average molecular weight is 586 g/mol. The van der Waals surface area contributed by atoms with E-state index in [0.717, 1.165) is 16.5 Å². The summed E-state index contributed by atoms with van der Waals surface area (Å²) in [6.07, 6.45) is 0.229. The first-order valence-electron chi connectivity index (χ1n) is 10.9. The summed E-state index contributed by atoms with van der Waals surface area (Å²) in [5.41, 5.74) is 3.14. The predicted octanol–water partition coefficient (Wildman–Crippen LogP) is 5.92. The van der Waals surface area contributed by atoms with Gasteiger partial charge in [0.2, 0.25) is 0 Å². The van der Waals surface area contributed by atoms with Crippen LogP contribution in [-0.4, -0.2) is 50.6 Å². The maximum absolute atomic E-state index is 13.1. The van der Waals surface area contributed by atoms with Crippen LogP contribution in [0, 0.1) is 0 Å². The molecule has 1 N–H and O–H groups in total. The molecule has 0 saturated carbocycles. The van der Waals surface area contributed by atoms with Crippen LogP contribution < -0.4 is 9.47 Å². The third-order valence-corrected chi connectivity index (χ3v) is 9.05. The van der Waals surface area contributed by atoms with Crippen LogP contribution in [0.2, 0.25) is 14.8 Å². The Labute approximate surface area is 224 Å². The maximum atomic E-state index is 13.1. The molecule has 4 rings (SSSR count). The van der Waals surface area contributed by atoms with Gasteiger partial charge in [0.25, 0.3) is 0 Å². The van der Waals surface area contributed by atoms with E-state index in [2.05, 4.69) is 4.98 Å². The first-order valence-corrected chi connectivity index (χ1v) is 13.9. The molecule has 0 fully saturated rings. The molecule has 0 aliphatic rings. The van der Waals surface area contributed by atoms with Crippen molar-refractivity contribution in [3.05, 3.63) is 87.9 Å². The molecule has 184 valence electrons. The van der Waals surface area contributed by atoms with Crippen LogP contribution in [0.25, 0.3) is 22.2 Å². The van der Waals surface area contributed by atoms with Gasteiger partial charge in [0.05, 0.1) is 0 Å². The van der Waals surface area contributed by atoms with E-state index < -0.39 is 26.4 Å². The summed E-state index contributed by atoms with van der Waals surface area (Å²) in [4.78, 5) is 29.9. The van der Waals surface area contributed by atoms with E-state index in [1.807, 2.05) is 30.3 Å². The number of aromatic nitrogens is 1. The molecule has 2 unspecified atom stereocenters. The van der Waals surface area contributed by atoms with Gasteiger partial charge >= 0.3 is 226 Å². The number of aliphatic carboxylic acids is 1. The van der Waals surface area contributed by atoms with Gasteiger partial charge in [-0.15, -0.1) is 0 Å². The van der Waals surface area contributed by atoms with Crippen LogP contribution in [0.1, 0.15) is 15.9 Å². The molecule has 0 aliphatic heterocycles. The van der Waals surface area contributed by atoms with Gasteiger partial charge in [0.1, 0.15) is 0 Å². The summed E-state index contributed by atoms with van der Waals surface area (Å²) >= 11 is 11.1. The predicted molar refractivity (Wildman–Crippen MR) is 143 cm³/mol. The zero-order valence-corrected chi connectivity index (χ0v) is 23.0. The van der Waals surface area contributed by atoms with Gasteiger partial charge in [0, 0.05) is 0 Å². The van der Waals surface area contributed by atoms with E-state index in [4.69, 9.17) is 32.7 Å². The van der Waals surface area contributed by atoms with Gasteiger partial charge in [-0.2, -0.15) is 0 Å². The number of nitrogens with zero attached hydrogens (tertiary/aromatic N) is 1. The number of carbonyl (C=O) groups excluding carboxylic acids is 1. The number of carboxylic acids is 1. The number of ether oxygens (including phenoxy) is 2. The normalized spacial score (nSPS) is 12.1. The molecule has 1 aromatic heterocycles. The number of benzene rings is 3. The molecule has 0 radical (unpaired) electrons. The van der Waals surface area contributed by atoms with Crippen LogP contribution >= 0.6 is 23.2 Å². The molecular formula is C27H22AsCl2NO5. The van der Waals surface area contributed by atoms with E-state index in [0.29, 0.717) is 38.4 Å². The van der Waals surface area contributed by atoms with E-state index in [9.17, 15) is 14.7 Å². The van der Waals surface area contributed by atoms with Crippen LogP contribution in [0.3, 0.4) is 0 Å². The molecule has 0 amide bonds. The van der Waals surface area contributed by atoms with Crippen molar-refractivity contribution in [3.8, 4) is 22.8 Å². The number of hydrogen-bond donors (Lipinski definition) is 1. The standard InChI is InChI=1S/C27H22AsCl2NO5/c1-35-22-7-4-8-23(36-2)25(22)26(32)28-17(27(33)34)14-15-9-11-20-16(13-15)10-12-21(31-20)24-18(29)5-3-6-19(24)30/h3-13,17,28H,14H2,1-2H3,(H,33,34). The molecule has 9 heteroatoms. The van der Waals surface area contributed by atoms with Gasteiger partial charge in [-0.3, -0.25) is 0 Å². The van der Waals surface area contributed by atoms with E-state index in [-0.39, 0.29) is 11.0 Å². The Morgan fingerprint density at radius 2 is 1.58 bits per heavy atom. The topological polar surface area (TPSA) is 85.7 Å². The van der Waals surface area contributed by atoms with Gasteiger partial charge in [-0.05, 0) is 0 Å². The zero-order chi connectivity index (χ0) is 25.8. The van der Waals surface area contributed by atoms with Crippen LogP contribution in [-0.2, 0) is 11.2 Å². The number of halogens is 2. The molecule has 0 aliphatic carbocycles. The second-order valence-electron chi connectivity index (χ2n) is 7.93. The number of methoxy groups -OCH3 is 2. The van der Waals surface area contributed by atoms with Crippen molar-refractivity contribution in [2.75, 3.05) is 14.2 Å². The van der Waals surface area contributed by atoms with Crippen molar-refractivity contribution in [2.24, 2.45) is 0 Å². The number of carbonyl (C=O) groups is 2. The van der Waals surface area contributed by atoms with Gasteiger partial charge in [0.15, 0.2) is 0 Å². The third-order valence-electron chi connectivity index (χ3n) is 5.67. The monoisotopic (exact) mass is 585 g/mol. The molecule has 3 aromatic carbocycles. The Bertz CT molecular complexity index is 1420. The minimum atomic E-state index is -1.59. The van der Waals surface area contributed by atoms with Crippen molar-refractivity contribution >= 4 is 60.4 Å². The second kappa shape index (κ2) is 11.3. The second-order valence-corrected chi connectivity index (χ2v) is 11.8. The minimum absolute atomic E-state index is 0.229. The summed E-state index contributed by atoms with van der Waals surface area (Å²) in [6, 6.07) is 19.6. The molecule has 0 spiro atoms. The van der Waals surface area contributed by atoms with Crippen molar-refractivity contribution in [3.63, 3.8) is 0 Å². The molecule has 36 heavy (non-hydrogen) atoms. The first-order chi connectivity index (χ1) is 17.3. The molecule has 1 heterocycles. The third kappa shape index (κ3) is 5.51. The Kier molecular flexibility index (Phi) is 8.20. The van der Waals surface area contributed by atoms with Crippen molar-refractivity contribution < 1.29 is 24.2 Å². The average Bonchev–Trinajstić information content (AvgIpc) is 2.87. The molecular weight excluding hydrogens is 564 g/mol. The van der Waals surface area contributed by atoms with Crippen molar-refractivity contribution in [1.82, 2.24) is 4.98 Å². The van der Waals surface area contributed by atoms with Gasteiger partial charge in [-0.25, -0.2) is 0 Å². The summed E-state index contributed by atoms with van der Waals surface area (Å²) in [6.45, 7) is 0. The summed E-state index contributed by atoms with van der Waals surface area (Å²) in [5, 5.41) is 11.8. The summed E-state index contributed by atoms with van der Waals surface area (Å²) in [5.74, 6) is -0.254. The number of pyridine rings is 1. The zero-order valence-electron chi connectivity index (χ0n) is 19.4. The first kappa shape index (κ1) is 26.0. The van der Waals surface area contributed by atoms with Crippen LogP contribution in [0.15, 0.2) is 66.7 Å². The number of hydrogen-bond acceptors (Lipinski definition) is 5. The fraction of sp³-hybridized carbons (Fsp3) is 0.148.